The summed E-state index contributed by atoms with van der Waals surface area (Å²) in [6, 6.07) is 7.26. The van der Waals surface area contributed by atoms with Crippen molar-refractivity contribution in [1.29, 1.82) is 0 Å². The molecule has 0 unspecified atom stereocenters. The number of hydrogen-bond donors (Lipinski definition) is 2. The van der Waals surface area contributed by atoms with E-state index in [1.165, 1.54) is 10.4 Å². The second-order valence-electron chi connectivity index (χ2n) is 6.30. The number of fused-ring (bicyclic) bond motifs is 3. The molecule has 3 aromatic rings. The third-order valence-corrected chi connectivity index (χ3v) is 5.78. The number of benzene rings is 1. The lowest BCUT2D eigenvalue weighted by Crippen LogP contribution is -2.16. The van der Waals surface area contributed by atoms with Gasteiger partial charge >= 0.3 is 0 Å². The van der Waals surface area contributed by atoms with Crippen LogP contribution < -0.4 is 15.6 Å². The summed E-state index contributed by atoms with van der Waals surface area (Å²) >= 11 is 1.61. The monoisotopic (exact) mass is 369 g/mol. The van der Waals surface area contributed by atoms with Gasteiger partial charge in [-0.05, 0) is 37.0 Å². The van der Waals surface area contributed by atoms with Crippen LogP contribution in [0.2, 0.25) is 0 Å². The molecule has 7 heteroatoms. The zero-order valence-electron chi connectivity index (χ0n) is 14.4. The van der Waals surface area contributed by atoms with Gasteiger partial charge in [-0.2, -0.15) is 0 Å². The SMILES string of the molecule is COc1ccccc1NC(=O)CCc1nc2sc3c(c2c(=O)[nH]1)CCC3. The van der Waals surface area contributed by atoms with Crippen LogP contribution in [0.15, 0.2) is 29.1 Å². The number of aromatic nitrogens is 2. The third-order valence-electron chi connectivity index (χ3n) is 4.59. The number of nitrogens with one attached hydrogen (secondary N) is 2. The number of nitrogens with zero attached hydrogens (tertiary/aromatic N) is 1. The Balaban J connectivity index is 1.48. The van der Waals surface area contributed by atoms with Gasteiger partial charge in [-0.15, -0.1) is 11.3 Å². The number of aryl methyl sites for hydroxylation is 3. The van der Waals surface area contributed by atoms with Crippen molar-refractivity contribution in [1.82, 2.24) is 9.97 Å². The number of rotatable bonds is 5. The highest BCUT2D eigenvalue weighted by Gasteiger charge is 2.21. The number of aromatic amines is 1. The predicted octanol–water partition coefficient (Wildman–Crippen LogP) is 3.05. The standard InChI is InChI=1S/C19H19N3O3S/c1-25-13-7-3-2-6-12(13)20-16(23)10-9-15-21-18(24)17-11-5-4-8-14(11)26-19(17)22-15/h2-3,6-7H,4-5,8-10H2,1H3,(H,20,23)(H,21,22,24). The predicted molar refractivity (Wildman–Crippen MR) is 102 cm³/mol. The van der Waals surface area contributed by atoms with Crippen LogP contribution >= 0.6 is 11.3 Å². The molecule has 0 aliphatic heterocycles. The second-order valence-corrected chi connectivity index (χ2v) is 7.38. The van der Waals surface area contributed by atoms with Gasteiger partial charge in [0, 0.05) is 17.7 Å². The molecule has 26 heavy (non-hydrogen) atoms. The summed E-state index contributed by atoms with van der Waals surface area (Å²) < 4.78 is 5.23. The maximum absolute atomic E-state index is 12.4. The number of anilines is 1. The van der Waals surface area contributed by atoms with E-state index in [0.717, 1.165) is 29.5 Å². The van der Waals surface area contributed by atoms with Gasteiger partial charge in [0.15, 0.2) is 0 Å². The van der Waals surface area contributed by atoms with E-state index in [4.69, 9.17) is 4.74 Å². The molecule has 6 nitrogen and oxygen atoms in total. The van der Waals surface area contributed by atoms with E-state index in [1.807, 2.05) is 12.1 Å². The average Bonchev–Trinajstić information content (AvgIpc) is 3.21. The Kier molecular flexibility index (Phi) is 4.46. The molecule has 2 heterocycles. The van der Waals surface area contributed by atoms with Crippen LogP contribution in [0.5, 0.6) is 5.75 Å². The van der Waals surface area contributed by atoms with Crippen molar-refractivity contribution in [3.8, 4) is 5.75 Å². The van der Waals surface area contributed by atoms with Crippen molar-refractivity contribution in [3.63, 3.8) is 0 Å². The van der Waals surface area contributed by atoms with E-state index in [-0.39, 0.29) is 17.9 Å². The lowest BCUT2D eigenvalue weighted by Gasteiger charge is -2.09. The van der Waals surface area contributed by atoms with Gasteiger partial charge in [-0.1, -0.05) is 12.1 Å². The lowest BCUT2D eigenvalue weighted by atomic mass is 10.2. The Morgan fingerprint density at radius 2 is 2.19 bits per heavy atom. The smallest absolute Gasteiger partial charge is 0.259 e. The molecule has 4 rings (SSSR count). The minimum atomic E-state index is -0.147. The Morgan fingerprint density at radius 1 is 1.35 bits per heavy atom. The number of thiophene rings is 1. The molecule has 134 valence electrons. The van der Waals surface area contributed by atoms with E-state index in [0.29, 0.717) is 23.7 Å². The van der Waals surface area contributed by atoms with Crippen LogP contribution in [0.4, 0.5) is 5.69 Å². The van der Waals surface area contributed by atoms with Crippen LogP contribution in [0.1, 0.15) is 29.1 Å². The first kappa shape index (κ1) is 16.8. The number of hydrogen-bond acceptors (Lipinski definition) is 5. The number of methoxy groups -OCH3 is 1. The second kappa shape index (κ2) is 6.92. The first-order valence-corrected chi connectivity index (χ1v) is 9.43. The molecule has 1 aliphatic rings. The zero-order chi connectivity index (χ0) is 18.1. The van der Waals surface area contributed by atoms with Gasteiger partial charge in [0.1, 0.15) is 16.4 Å². The van der Waals surface area contributed by atoms with Gasteiger partial charge < -0.3 is 15.0 Å². The Morgan fingerprint density at radius 3 is 3.04 bits per heavy atom. The molecule has 0 radical (unpaired) electrons. The van der Waals surface area contributed by atoms with Gasteiger partial charge in [-0.3, -0.25) is 9.59 Å². The highest BCUT2D eigenvalue weighted by molar-refractivity contribution is 7.18. The highest BCUT2D eigenvalue weighted by atomic mass is 32.1. The fraction of sp³-hybridized carbons (Fsp3) is 0.316. The third kappa shape index (κ3) is 3.10. The average molecular weight is 369 g/mol. The minimum Gasteiger partial charge on any atom is -0.495 e. The molecular formula is C19H19N3O3S. The van der Waals surface area contributed by atoms with Crippen LogP contribution in [0.3, 0.4) is 0 Å². The van der Waals surface area contributed by atoms with Crippen LogP contribution in [0, 0.1) is 0 Å². The summed E-state index contributed by atoms with van der Waals surface area (Å²) in [6.07, 6.45) is 3.72. The molecule has 0 saturated carbocycles. The van der Waals surface area contributed by atoms with E-state index < -0.39 is 0 Å². The largest absolute Gasteiger partial charge is 0.495 e. The molecule has 1 aromatic carbocycles. The molecule has 1 aliphatic carbocycles. The minimum absolute atomic E-state index is 0.0884. The van der Waals surface area contributed by atoms with E-state index in [1.54, 1.807) is 30.6 Å². The number of amides is 1. The highest BCUT2D eigenvalue weighted by Crippen LogP contribution is 2.34. The topological polar surface area (TPSA) is 84.1 Å². The van der Waals surface area contributed by atoms with Gasteiger partial charge in [0.25, 0.3) is 5.56 Å². The molecule has 2 aromatic heterocycles. The maximum Gasteiger partial charge on any atom is 0.259 e. The number of H-pyrrole nitrogens is 1. The fourth-order valence-corrected chi connectivity index (χ4v) is 4.64. The number of para-hydroxylation sites is 2. The van der Waals surface area contributed by atoms with Crippen molar-refractivity contribution in [3.05, 3.63) is 50.9 Å². The first-order valence-electron chi connectivity index (χ1n) is 8.62. The fourth-order valence-electron chi connectivity index (χ4n) is 3.36. The van der Waals surface area contributed by atoms with E-state index in [2.05, 4.69) is 15.3 Å². The summed E-state index contributed by atoms with van der Waals surface area (Å²) in [5.41, 5.74) is 1.71. The molecule has 1 amide bonds. The van der Waals surface area contributed by atoms with Gasteiger partial charge in [-0.25, -0.2) is 4.98 Å². The summed E-state index contributed by atoms with van der Waals surface area (Å²) in [5.74, 6) is 1.02. The molecule has 0 bridgehead atoms. The van der Waals surface area contributed by atoms with Crippen molar-refractivity contribution in [2.45, 2.75) is 32.1 Å². The van der Waals surface area contributed by atoms with E-state index in [9.17, 15) is 9.59 Å². The van der Waals surface area contributed by atoms with Crippen LogP contribution in [-0.4, -0.2) is 23.0 Å². The number of ether oxygens (including phenoxy) is 1. The summed E-state index contributed by atoms with van der Waals surface area (Å²) in [7, 11) is 1.56. The van der Waals surface area contributed by atoms with E-state index >= 15 is 0 Å². The summed E-state index contributed by atoms with van der Waals surface area (Å²) in [5, 5.41) is 3.57. The van der Waals surface area contributed by atoms with Crippen molar-refractivity contribution >= 4 is 33.1 Å². The quantitative estimate of drug-likeness (QED) is 0.724. The van der Waals surface area contributed by atoms with Gasteiger partial charge in [0.05, 0.1) is 18.2 Å². The Labute approximate surface area is 154 Å². The number of carbonyl (C=O) groups excluding carboxylic acids is 1. The first-order chi connectivity index (χ1) is 12.7. The molecule has 2 N–H and O–H groups in total. The Bertz CT molecular complexity index is 1040. The van der Waals surface area contributed by atoms with Crippen LogP contribution in [-0.2, 0) is 24.1 Å². The molecule has 0 fully saturated rings. The molecule has 0 atom stereocenters. The molecular weight excluding hydrogens is 350 g/mol. The van der Waals surface area contributed by atoms with Crippen molar-refractivity contribution < 1.29 is 9.53 Å². The van der Waals surface area contributed by atoms with Gasteiger partial charge in [0.2, 0.25) is 5.91 Å². The number of carbonyl (C=O) groups is 1. The summed E-state index contributed by atoms with van der Waals surface area (Å²) in [6.45, 7) is 0. The van der Waals surface area contributed by atoms with Crippen molar-refractivity contribution in [2.24, 2.45) is 0 Å². The summed E-state index contributed by atoms with van der Waals surface area (Å²) in [4.78, 5) is 34.2. The zero-order valence-corrected chi connectivity index (χ0v) is 15.2. The maximum atomic E-state index is 12.4. The Hall–Kier alpha value is -2.67. The van der Waals surface area contributed by atoms with Crippen molar-refractivity contribution in [2.75, 3.05) is 12.4 Å². The lowest BCUT2D eigenvalue weighted by molar-refractivity contribution is -0.116. The normalized spacial score (nSPS) is 13.0. The van der Waals surface area contributed by atoms with Crippen LogP contribution in [0.25, 0.3) is 10.2 Å². The molecule has 0 spiro atoms. The molecule has 0 saturated heterocycles.